The molecule has 0 spiro atoms. The molecule has 0 aliphatic carbocycles. The summed E-state index contributed by atoms with van der Waals surface area (Å²) in [4.78, 5) is 26.6. The molecule has 0 bridgehead atoms. The lowest BCUT2D eigenvalue weighted by Crippen LogP contribution is -2.55. The molecule has 0 saturated carbocycles. The Morgan fingerprint density at radius 1 is 1.40 bits per heavy atom. The largest absolute Gasteiger partial charge is 0.343 e. The molecule has 3 unspecified atom stereocenters. The third kappa shape index (κ3) is 4.65. The summed E-state index contributed by atoms with van der Waals surface area (Å²) in [5.74, 6) is 0.357. The summed E-state index contributed by atoms with van der Waals surface area (Å²) in [5.41, 5.74) is 6.19. The molecular formula is C17H23ClFN3O2S. The van der Waals surface area contributed by atoms with Gasteiger partial charge in [0.15, 0.2) is 0 Å². The van der Waals surface area contributed by atoms with Gasteiger partial charge in [-0.05, 0) is 36.9 Å². The van der Waals surface area contributed by atoms with E-state index in [9.17, 15) is 14.0 Å². The quantitative estimate of drug-likeness (QED) is 0.814. The molecule has 2 fully saturated rings. The van der Waals surface area contributed by atoms with Gasteiger partial charge >= 0.3 is 0 Å². The molecule has 8 heteroatoms. The zero-order valence-electron chi connectivity index (χ0n) is 13.8. The predicted octanol–water partition coefficient (Wildman–Crippen LogP) is 1.20. The van der Waals surface area contributed by atoms with Crippen molar-refractivity contribution in [3.63, 3.8) is 0 Å². The van der Waals surface area contributed by atoms with E-state index in [1.54, 1.807) is 23.1 Å². The van der Waals surface area contributed by atoms with Gasteiger partial charge in [-0.1, -0.05) is 18.2 Å². The van der Waals surface area contributed by atoms with Crippen LogP contribution < -0.4 is 11.1 Å². The lowest BCUT2D eigenvalue weighted by molar-refractivity contribution is -0.135. The first-order chi connectivity index (χ1) is 11.6. The van der Waals surface area contributed by atoms with E-state index in [0.29, 0.717) is 43.3 Å². The van der Waals surface area contributed by atoms with Crippen LogP contribution in [0.25, 0.3) is 0 Å². The van der Waals surface area contributed by atoms with Gasteiger partial charge in [-0.15, -0.1) is 24.2 Å². The number of hydrogen-bond acceptors (Lipinski definition) is 4. The molecule has 3 atom stereocenters. The van der Waals surface area contributed by atoms with Crippen LogP contribution in [-0.2, 0) is 16.0 Å². The molecule has 5 nitrogen and oxygen atoms in total. The van der Waals surface area contributed by atoms with E-state index >= 15 is 0 Å². The summed E-state index contributed by atoms with van der Waals surface area (Å²) in [6, 6.07) is 5.99. The number of nitrogens with zero attached hydrogens (tertiary/aromatic N) is 1. The predicted molar refractivity (Wildman–Crippen MR) is 99.3 cm³/mol. The smallest absolute Gasteiger partial charge is 0.246 e. The van der Waals surface area contributed by atoms with Gasteiger partial charge in [-0.2, -0.15) is 0 Å². The Labute approximate surface area is 157 Å². The minimum Gasteiger partial charge on any atom is -0.343 e. The van der Waals surface area contributed by atoms with Gasteiger partial charge in [-0.3, -0.25) is 9.59 Å². The van der Waals surface area contributed by atoms with Crippen molar-refractivity contribution in [2.24, 2.45) is 11.7 Å². The first-order valence-corrected chi connectivity index (χ1v) is 9.27. The van der Waals surface area contributed by atoms with Gasteiger partial charge in [0.05, 0.1) is 5.25 Å². The zero-order valence-corrected chi connectivity index (χ0v) is 15.5. The topological polar surface area (TPSA) is 75.4 Å². The number of thioether (sulfide) groups is 1. The first-order valence-electron chi connectivity index (χ1n) is 8.22. The number of benzene rings is 1. The highest BCUT2D eigenvalue weighted by Crippen LogP contribution is 2.25. The van der Waals surface area contributed by atoms with Crippen LogP contribution in [0.2, 0.25) is 0 Å². The molecule has 2 heterocycles. The van der Waals surface area contributed by atoms with E-state index in [-0.39, 0.29) is 35.3 Å². The lowest BCUT2D eigenvalue weighted by Gasteiger charge is -2.30. The van der Waals surface area contributed by atoms with Crippen LogP contribution in [-0.4, -0.2) is 53.4 Å². The summed E-state index contributed by atoms with van der Waals surface area (Å²) < 4.78 is 13.7. The van der Waals surface area contributed by atoms with E-state index in [0.717, 1.165) is 6.42 Å². The minimum atomic E-state index is -0.490. The van der Waals surface area contributed by atoms with Gasteiger partial charge in [-0.25, -0.2) is 4.39 Å². The molecule has 2 saturated heterocycles. The number of nitrogens with two attached hydrogens (primary N) is 1. The lowest BCUT2D eigenvalue weighted by atomic mass is 10.1. The third-order valence-electron chi connectivity index (χ3n) is 4.67. The number of carbonyl (C=O) groups is 2. The average Bonchev–Trinajstić information content (AvgIpc) is 3.07. The van der Waals surface area contributed by atoms with Crippen LogP contribution in [0, 0.1) is 11.7 Å². The number of halogens is 2. The van der Waals surface area contributed by atoms with Crippen molar-refractivity contribution in [3.8, 4) is 0 Å². The highest BCUT2D eigenvalue weighted by atomic mass is 35.5. The Morgan fingerprint density at radius 2 is 2.16 bits per heavy atom. The summed E-state index contributed by atoms with van der Waals surface area (Å²) in [5, 5.41) is 2.45. The highest BCUT2D eigenvalue weighted by molar-refractivity contribution is 8.00. The van der Waals surface area contributed by atoms with Crippen molar-refractivity contribution in [1.29, 1.82) is 0 Å². The summed E-state index contributed by atoms with van der Waals surface area (Å²) in [6.07, 6.45) is 1.26. The van der Waals surface area contributed by atoms with Crippen molar-refractivity contribution in [2.45, 2.75) is 24.1 Å². The van der Waals surface area contributed by atoms with E-state index < -0.39 is 6.04 Å². The maximum atomic E-state index is 13.7. The van der Waals surface area contributed by atoms with Crippen molar-refractivity contribution in [2.75, 3.05) is 25.4 Å². The second kappa shape index (κ2) is 8.87. The number of likely N-dealkylation sites (tertiary alicyclic amines) is 1. The van der Waals surface area contributed by atoms with Crippen molar-refractivity contribution in [3.05, 3.63) is 35.6 Å². The summed E-state index contributed by atoms with van der Waals surface area (Å²) in [7, 11) is 0. The SMILES string of the molecule is Cl.NCC1CCN(C(=O)C2CSC(Cc3ccccc3F)C(=O)N2)C1. The molecule has 0 aromatic heterocycles. The Morgan fingerprint density at radius 3 is 2.80 bits per heavy atom. The van der Waals surface area contributed by atoms with Gasteiger partial charge < -0.3 is 16.0 Å². The molecule has 0 radical (unpaired) electrons. The zero-order chi connectivity index (χ0) is 17.1. The monoisotopic (exact) mass is 387 g/mol. The molecule has 138 valence electrons. The molecular weight excluding hydrogens is 365 g/mol. The fourth-order valence-electron chi connectivity index (χ4n) is 3.19. The highest BCUT2D eigenvalue weighted by Gasteiger charge is 2.36. The van der Waals surface area contributed by atoms with E-state index in [1.807, 2.05) is 0 Å². The van der Waals surface area contributed by atoms with Gasteiger partial charge in [0.1, 0.15) is 11.9 Å². The number of hydrogen-bond donors (Lipinski definition) is 2. The van der Waals surface area contributed by atoms with Gasteiger partial charge in [0, 0.05) is 18.8 Å². The Balaban J connectivity index is 0.00000225. The van der Waals surface area contributed by atoms with Crippen LogP contribution in [0.5, 0.6) is 0 Å². The molecule has 3 N–H and O–H groups in total. The van der Waals surface area contributed by atoms with Crippen molar-refractivity contribution < 1.29 is 14.0 Å². The average molecular weight is 388 g/mol. The summed E-state index contributed by atoms with van der Waals surface area (Å²) >= 11 is 1.43. The molecule has 2 aliphatic heterocycles. The number of nitrogens with one attached hydrogen (secondary N) is 1. The van der Waals surface area contributed by atoms with E-state index in [1.165, 1.54) is 17.8 Å². The second-order valence-corrected chi connectivity index (χ2v) is 7.59. The number of carbonyl (C=O) groups excluding carboxylic acids is 2. The first kappa shape index (κ1) is 20.0. The molecule has 3 rings (SSSR count). The fraction of sp³-hybridized carbons (Fsp3) is 0.529. The number of rotatable bonds is 4. The molecule has 1 aromatic carbocycles. The van der Waals surface area contributed by atoms with Crippen LogP contribution >= 0.6 is 24.2 Å². The number of amides is 2. The van der Waals surface area contributed by atoms with Gasteiger partial charge in [0.2, 0.25) is 11.8 Å². The van der Waals surface area contributed by atoms with Crippen LogP contribution in [0.4, 0.5) is 4.39 Å². The maximum absolute atomic E-state index is 13.7. The molecule has 25 heavy (non-hydrogen) atoms. The third-order valence-corrected chi connectivity index (χ3v) is 5.97. The second-order valence-electron chi connectivity index (χ2n) is 6.35. The Kier molecular flexibility index (Phi) is 7.10. The Bertz CT molecular complexity index is 634. The van der Waals surface area contributed by atoms with Gasteiger partial charge in [0.25, 0.3) is 0 Å². The molecule has 1 aromatic rings. The molecule has 2 amide bonds. The summed E-state index contributed by atoms with van der Waals surface area (Å²) in [6.45, 7) is 1.96. The van der Waals surface area contributed by atoms with E-state index in [4.69, 9.17) is 5.73 Å². The molecule has 2 aliphatic rings. The van der Waals surface area contributed by atoms with E-state index in [2.05, 4.69) is 5.32 Å². The fourth-order valence-corrected chi connectivity index (χ4v) is 4.36. The Hall–Kier alpha value is -1.31. The van der Waals surface area contributed by atoms with Crippen molar-refractivity contribution >= 4 is 36.0 Å². The minimum absolute atomic E-state index is 0. The van der Waals surface area contributed by atoms with Crippen LogP contribution in [0.15, 0.2) is 24.3 Å². The van der Waals surface area contributed by atoms with Crippen molar-refractivity contribution in [1.82, 2.24) is 10.2 Å². The van der Waals surface area contributed by atoms with Crippen LogP contribution in [0.3, 0.4) is 0 Å². The van der Waals surface area contributed by atoms with Crippen LogP contribution in [0.1, 0.15) is 12.0 Å². The standard InChI is InChI=1S/C17H22FN3O2S.ClH/c18-13-4-2-1-3-12(13)7-15-16(22)20-14(10-24-15)17(23)21-6-5-11(8-19)9-21;/h1-4,11,14-15H,5-10,19H2,(H,20,22);1H. The maximum Gasteiger partial charge on any atom is 0.246 e. The normalized spacial score (nSPS) is 26.1.